The number of carboxylic acids is 2. The predicted molar refractivity (Wildman–Crippen MR) is 140 cm³/mol. The lowest BCUT2D eigenvalue weighted by atomic mass is 9.79. The zero-order valence-corrected chi connectivity index (χ0v) is 22.2. The van der Waals surface area contributed by atoms with Crippen molar-refractivity contribution in [1.29, 1.82) is 0 Å². The van der Waals surface area contributed by atoms with Gasteiger partial charge in [0.05, 0.1) is 18.3 Å². The van der Waals surface area contributed by atoms with Crippen LogP contribution in [0.25, 0.3) is 0 Å². The number of nitrogens with zero attached hydrogens (tertiary/aromatic N) is 2. The monoisotopic (exact) mass is 584 g/mol. The van der Waals surface area contributed by atoms with Gasteiger partial charge in [-0.05, 0) is 30.7 Å². The molecule has 0 aliphatic carbocycles. The van der Waals surface area contributed by atoms with Crippen molar-refractivity contribution >= 4 is 23.7 Å². The molecule has 9 nitrogen and oxygen atoms in total. The summed E-state index contributed by atoms with van der Waals surface area (Å²) in [5, 5.41) is 47.7. The highest BCUT2D eigenvalue weighted by Crippen LogP contribution is 2.51. The lowest BCUT2D eigenvalue weighted by Crippen LogP contribution is -2.49. The maximum atomic E-state index is 13.4. The molecule has 0 aromatic heterocycles. The molecule has 0 radical (unpaired) electrons. The largest absolute Gasteiger partial charge is 0.478 e. The number of rotatable bonds is 8. The first-order chi connectivity index (χ1) is 18.9. The molecule has 13 heteroatoms. The molecule has 2 unspecified atom stereocenters. The third-order valence-corrected chi connectivity index (χ3v) is 7.84. The Kier molecular flexibility index (Phi) is 10.8. The first-order valence-corrected chi connectivity index (χ1v) is 13.3. The number of aliphatic hydroxyl groups is 3. The summed E-state index contributed by atoms with van der Waals surface area (Å²) in [7, 11) is 0. The van der Waals surface area contributed by atoms with Crippen LogP contribution in [-0.4, -0.2) is 99.3 Å². The minimum Gasteiger partial charge on any atom is -0.478 e. The number of β-amino-alcohol motifs (C(OH)–C–C–N with tert-alkyl or cyclic N) is 1. The van der Waals surface area contributed by atoms with E-state index in [1.54, 1.807) is 24.3 Å². The molecular formula is C27H31F3N2O7S. The fraction of sp³-hybridized carbons (Fsp3) is 0.407. The van der Waals surface area contributed by atoms with Crippen LogP contribution in [0.2, 0.25) is 0 Å². The van der Waals surface area contributed by atoms with Gasteiger partial charge >= 0.3 is 18.1 Å². The molecule has 2 atom stereocenters. The number of carboxylic acid groups (broad SMARTS) is 2. The number of hydrogen-bond donors (Lipinski definition) is 5. The molecule has 0 spiro atoms. The van der Waals surface area contributed by atoms with Gasteiger partial charge in [0.1, 0.15) is 5.60 Å². The Morgan fingerprint density at radius 3 is 2.02 bits per heavy atom. The van der Waals surface area contributed by atoms with Crippen molar-refractivity contribution in [3.8, 4) is 0 Å². The van der Waals surface area contributed by atoms with Crippen molar-refractivity contribution in [3.05, 3.63) is 71.3 Å². The average Bonchev–Trinajstić information content (AvgIpc) is 2.91. The van der Waals surface area contributed by atoms with Crippen molar-refractivity contribution in [2.75, 3.05) is 45.9 Å². The Morgan fingerprint density at radius 1 is 0.925 bits per heavy atom. The lowest BCUT2D eigenvalue weighted by molar-refractivity contribution is -0.138. The summed E-state index contributed by atoms with van der Waals surface area (Å²) < 4.78 is 40.2. The third-order valence-electron chi connectivity index (χ3n) is 6.69. The smallest absolute Gasteiger partial charge is 0.416 e. The molecular weight excluding hydrogens is 553 g/mol. The number of aliphatic carboxylic acids is 2. The number of piperazine rings is 1. The van der Waals surface area contributed by atoms with Gasteiger partial charge in [0.25, 0.3) is 0 Å². The number of fused-ring (bicyclic) bond motifs is 2. The van der Waals surface area contributed by atoms with Crippen LogP contribution in [-0.2, 0) is 21.4 Å². The summed E-state index contributed by atoms with van der Waals surface area (Å²) in [6.45, 7) is 4.40. The fourth-order valence-corrected chi connectivity index (χ4v) is 5.80. The number of alkyl halides is 3. The number of benzene rings is 2. The maximum absolute atomic E-state index is 13.4. The molecule has 2 aliphatic rings. The van der Waals surface area contributed by atoms with Gasteiger partial charge in [0, 0.05) is 72.3 Å². The molecule has 5 N–H and O–H groups in total. The van der Waals surface area contributed by atoms with Gasteiger partial charge < -0.3 is 30.4 Å². The number of aliphatic hydroxyl groups excluding tert-OH is 2. The second-order valence-corrected chi connectivity index (χ2v) is 10.4. The highest BCUT2D eigenvalue weighted by molar-refractivity contribution is 7.99. The van der Waals surface area contributed by atoms with E-state index >= 15 is 0 Å². The summed E-state index contributed by atoms with van der Waals surface area (Å²) in [5.41, 5.74) is -2.26. The van der Waals surface area contributed by atoms with Gasteiger partial charge in [0.15, 0.2) is 0 Å². The number of carbonyl (C=O) groups is 2. The van der Waals surface area contributed by atoms with E-state index in [0.29, 0.717) is 35.7 Å². The third kappa shape index (κ3) is 7.83. The molecule has 0 saturated carbocycles. The Balaban J connectivity index is 0.000000482. The van der Waals surface area contributed by atoms with Crippen LogP contribution < -0.4 is 0 Å². The zero-order valence-electron chi connectivity index (χ0n) is 21.4. The summed E-state index contributed by atoms with van der Waals surface area (Å²) in [6.07, 6.45) is -4.49. The molecule has 2 aromatic rings. The standard InChI is InChI=1S/C23H27F3N2O3S.C4H4O4/c24-23(25,26)16-5-6-20-18(15-16)22(31,17-3-1-2-4-19(17)32-20)21(30)7-8-27-9-11-28(12-10-27)13-14-29;5-3(6)1-2-4(7)8/h1-6,15,21,29-31H,7-14H2;1-2H,(H,5,6)(H,7,8)/b;2-1+. The van der Waals surface area contributed by atoms with Crippen LogP contribution in [0.1, 0.15) is 23.1 Å². The lowest BCUT2D eigenvalue weighted by Gasteiger charge is -2.41. The van der Waals surface area contributed by atoms with Gasteiger partial charge in [-0.3, -0.25) is 4.90 Å². The molecule has 1 saturated heterocycles. The van der Waals surface area contributed by atoms with Crippen LogP contribution in [0, 0.1) is 0 Å². The van der Waals surface area contributed by atoms with Crippen LogP contribution in [0.5, 0.6) is 0 Å². The Morgan fingerprint density at radius 2 is 1.48 bits per heavy atom. The highest BCUT2D eigenvalue weighted by atomic mass is 32.2. The van der Waals surface area contributed by atoms with Gasteiger partial charge in [-0.15, -0.1) is 0 Å². The van der Waals surface area contributed by atoms with E-state index in [1.807, 2.05) is 0 Å². The Bertz CT molecular complexity index is 1200. The van der Waals surface area contributed by atoms with E-state index < -0.39 is 35.4 Å². The summed E-state index contributed by atoms with van der Waals surface area (Å²) in [4.78, 5) is 24.7. The first-order valence-electron chi connectivity index (χ1n) is 12.4. The van der Waals surface area contributed by atoms with Crippen molar-refractivity contribution in [2.45, 2.75) is 34.1 Å². The van der Waals surface area contributed by atoms with Crippen LogP contribution in [0.4, 0.5) is 13.2 Å². The molecule has 4 rings (SSSR count). The molecule has 0 amide bonds. The van der Waals surface area contributed by atoms with Gasteiger partial charge in [-0.2, -0.15) is 13.2 Å². The second-order valence-electron chi connectivity index (χ2n) is 9.29. The summed E-state index contributed by atoms with van der Waals surface area (Å²) >= 11 is 1.30. The molecule has 2 aromatic carbocycles. The molecule has 0 bridgehead atoms. The molecule has 2 heterocycles. The minimum atomic E-state index is -4.54. The second kappa shape index (κ2) is 13.6. The molecule has 2 aliphatic heterocycles. The average molecular weight is 585 g/mol. The quantitative estimate of drug-likeness (QED) is 0.294. The van der Waals surface area contributed by atoms with Crippen molar-refractivity contribution in [2.24, 2.45) is 0 Å². The maximum Gasteiger partial charge on any atom is 0.416 e. The van der Waals surface area contributed by atoms with E-state index in [-0.39, 0.29) is 18.6 Å². The van der Waals surface area contributed by atoms with Crippen LogP contribution in [0.15, 0.2) is 64.4 Å². The van der Waals surface area contributed by atoms with Crippen LogP contribution >= 0.6 is 11.8 Å². The summed E-state index contributed by atoms with van der Waals surface area (Å²) in [6, 6.07) is 10.3. The zero-order chi connectivity index (χ0) is 29.5. The fourth-order valence-electron chi connectivity index (χ4n) is 4.62. The van der Waals surface area contributed by atoms with E-state index in [0.717, 1.165) is 43.2 Å². The predicted octanol–water partition coefficient (Wildman–Crippen LogP) is 2.48. The van der Waals surface area contributed by atoms with Crippen molar-refractivity contribution in [1.82, 2.24) is 9.80 Å². The first kappa shape index (κ1) is 31.6. The normalized spacial score (nSPS) is 20.2. The molecule has 40 heavy (non-hydrogen) atoms. The summed E-state index contributed by atoms with van der Waals surface area (Å²) in [5.74, 6) is -2.51. The van der Waals surface area contributed by atoms with Gasteiger partial charge in [-0.1, -0.05) is 30.0 Å². The van der Waals surface area contributed by atoms with E-state index in [2.05, 4.69) is 9.80 Å². The molecule has 218 valence electrons. The number of halogens is 3. The SMILES string of the molecule is O=C(O)/C=C/C(=O)O.OCCN1CCN(CCC(O)C2(O)c3ccccc3Sc3ccc(C(F)(F)F)cc32)CC1. The van der Waals surface area contributed by atoms with Gasteiger partial charge in [-0.25, -0.2) is 9.59 Å². The van der Waals surface area contributed by atoms with E-state index in [4.69, 9.17) is 15.3 Å². The van der Waals surface area contributed by atoms with Crippen LogP contribution in [0.3, 0.4) is 0 Å². The Labute approximate surface area is 233 Å². The Hall–Kier alpha value is -2.94. The van der Waals surface area contributed by atoms with Crippen molar-refractivity contribution < 1.29 is 48.3 Å². The van der Waals surface area contributed by atoms with E-state index in [1.165, 1.54) is 17.8 Å². The molecule has 1 fully saturated rings. The minimum absolute atomic E-state index is 0.0938. The number of hydrogen-bond acceptors (Lipinski definition) is 8. The van der Waals surface area contributed by atoms with E-state index in [9.17, 15) is 33.0 Å². The van der Waals surface area contributed by atoms with Gasteiger partial charge in [0.2, 0.25) is 0 Å². The van der Waals surface area contributed by atoms with Crippen molar-refractivity contribution in [3.63, 3.8) is 0 Å². The topological polar surface area (TPSA) is 142 Å². The highest BCUT2D eigenvalue weighted by Gasteiger charge is 2.46.